The minimum absolute atomic E-state index is 0.549. The number of hydrogen-bond donors (Lipinski definition) is 1. The molecule has 0 saturated heterocycles. The summed E-state index contributed by atoms with van der Waals surface area (Å²) in [6.07, 6.45) is 7.18. The molecule has 1 aromatic rings. The van der Waals surface area contributed by atoms with Gasteiger partial charge in [0.15, 0.2) is 0 Å². The predicted molar refractivity (Wildman–Crippen MR) is 81.0 cm³/mol. The Labute approximate surface area is 119 Å². The minimum atomic E-state index is 0.549. The van der Waals surface area contributed by atoms with Gasteiger partial charge in [0, 0.05) is 19.5 Å². The van der Waals surface area contributed by atoms with Crippen molar-refractivity contribution in [3.8, 4) is 0 Å². The first-order chi connectivity index (χ1) is 8.63. The molecule has 1 aromatic heterocycles. The van der Waals surface area contributed by atoms with Gasteiger partial charge in [-0.05, 0) is 35.8 Å². The van der Waals surface area contributed by atoms with E-state index in [1.165, 1.54) is 35.8 Å². The van der Waals surface area contributed by atoms with Crippen molar-refractivity contribution in [3.05, 3.63) is 15.9 Å². The second kappa shape index (κ2) is 7.95. The average Bonchev–Trinajstić information content (AvgIpc) is 2.64. The first-order valence-electron chi connectivity index (χ1n) is 7.01. The molecule has 0 amide bonds. The van der Waals surface area contributed by atoms with Crippen molar-refractivity contribution >= 4 is 15.9 Å². The summed E-state index contributed by atoms with van der Waals surface area (Å²) in [6.45, 7) is 4.40. The van der Waals surface area contributed by atoms with Gasteiger partial charge in [-0.1, -0.05) is 33.1 Å². The third-order valence-corrected chi connectivity index (χ3v) is 4.42. The first kappa shape index (κ1) is 15.7. The molecule has 4 heteroatoms. The smallest absolute Gasteiger partial charge is 0.0766 e. The summed E-state index contributed by atoms with van der Waals surface area (Å²) in [4.78, 5) is 0. The molecule has 0 saturated carbocycles. The third kappa shape index (κ3) is 4.09. The predicted octanol–water partition coefficient (Wildman–Crippen LogP) is 3.46. The van der Waals surface area contributed by atoms with Crippen LogP contribution in [0.3, 0.4) is 0 Å². The lowest BCUT2D eigenvalue weighted by molar-refractivity contribution is 0.477. The first-order valence-corrected chi connectivity index (χ1v) is 7.80. The molecule has 1 unspecified atom stereocenters. The van der Waals surface area contributed by atoms with Crippen molar-refractivity contribution in [2.45, 2.75) is 58.4 Å². The molecule has 1 N–H and O–H groups in total. The van der Waals surface area contributed by atoms with Crippen LogP contribution in [0, 0.1) is 0 Å². The SMILES string of the molecule is CCCCCC(Cc1c(Br)c(CC)nn1C)NC. The zero-order valence-corrected chi connectivity index (χ0v) is 13.7. The van der Waals surface area contributed by atoms with Gasteiger partial charge >= 0.3 is 0 Å². The molecular formula is C14H26BrN3. The highest BCUT2D eigenvalue weighted by Gasteiger charge is 2.16. The fraction of sp³-hybridized carbons (Fsp3) is 0.786. The maximum absolute atomic E-state index is 4.55. The lowest BCUT2D eigenvalue weighted by Gasteiger charge is -2.16. The summed E-state index contributed by atoms with van der Waals surface area (Å²) in [5.74, 6) is 0. The molecule has 0 fully saturated rings. The topological polar surface area (TPSA) is 29.9 Å². The molecule has 0 aliphatic heterocycles. The van der Waals surface area contributed by atoms with Gasteiger partial charge in [-0.3, -0.25) is 4.68 Å². The van der Waals surface area contributed by atoms with E-state index in [1.54, 1.807) is 0 Å². The molecule has 3 nitrogen and oxygen atoms in total. The van der Waals surface area contributed by atoms with E-state index >= 15 is 0 Å². The van der Waals surface area contributed by atoms with Crippen LogP contribution in [-0.4, -0.2) is 22.9 Å². The number of unbranched alkanes of at least 4 members (excludes halogenated alkanes) is 2. The van der Waals surface area contributed by atoms with Gasteiger partial charge < -0.3 is 5.32 Å². The normalized spacial score (nSPS) is 12.9. The van der Waals surface area contributed by atoms with Crippen molar-refractivity contribution in [2.75, 3.05) is 7.05 Å². The monoisotopic (exact) mass is 315 g/mol. The number of halogens is 1. The number of nitrogens with one attached hydrogen (secondary N) is 1. The number of likely N-dealkylation sites (N-methyl/N-ethyl adjacent to an activating group) is 1. The van der Waals surface area contributed by atoms with Crippen LogP contribution in [0.2, 0.25) is 0 Å². The van der Waals surface area contributed by atoms with Crippen LogP contribution >= 0.6 is 15.9 Å². The van der Waals surface area contributed by atoms with Crippen molar-refractivity contribution < 1.29 is 0 Å². The summed E-state index contributed by atoms with van der Waals surface area (Å²) in [5, 5.41) is 7.98. The van der Waals surface area contributed by atoms with Crippen molar-refractivity contribution in [2.24, 2.45) is 7.05 Å². The minimum Gasteiger partial charge on any atom is -0.317 e. The molecular weight excluding hydrogens is 290 g/mol. The van der Waals surface area contributed by atoms with E-state index in [-0.39, 0.29) is 0 Å². The van der Waals surface area contributed by atoms with Crippen LogP contribution < -0.4 is 5.32 Å². The van der Waals surface area contributed by atoms with E-state index in [1.807, 2.05) is 11.7 Å². The van der Waals surface area contributed by atoms with Crippen LogP contribution in [-0.2, 0) is 19.9 Å². The van der Waals surface area contributed by atoms with E-state index in [4.69, 9.17) is 0 Å². The number of aryl methyl sites for hydroxylation is 2. The number of nitrogens with zero attached hydrogens (tertiary/aromatic N) is 2. The summed E-state index contributed by atoms with van der Waals surface area (Å²) < 4.78 is 3.22. The van der Waals surface area contributed by atoms with Gasteiger partial charge in [0.25, 0.3) is 0 Å². The Balaban J connectivity index is 2.66. The van der Waals surface area contributed by atoms with Crippen molar-refractivity contribution in [1.29, 1.82) is 0 Å². The Hall–Kier alpha value is -0.350. The lowest BCUT2D eigenvalue weighted by atomic mass is 10.0. The number of hydrogen-bond acceptors (Lipinski definition) is 2. The van der Waals surface area contributed by atoms with Crippen LogP contribution in [0.1, 0.15) is 50.9 Å². The molecule has 1 rings (SSSR count). The largest absolute Gasteiger partial charge is 0.317 e. The zero-order valence-electron chi connectivity index (χ0n) is 12.1. The van der Waals surface area contributed by atoms with Gasteiger partial charge in [0.05, 0.1) is 15.9 Å². The van der Waals surface area contributed by atoms with Crippen molar-refractivity contribution in [1.82, 2.24) is 15.1 Å². The summed E-state index contributed by atoms with van der Waals surface area (Å²) in [5.41, 5.74) is 2.47. The van der Waals surface area contributed by atoms with Crippen LogP contribution in [0.25, 0.3) is 0 Å². The summed E-state index contributed by atoms with van der Waals surface area (Å²) >= 11 is 3.69. The highest BCUT2D eigenvalue weighted by Crippen LogP contribution is 2.23. The molecule has 1 heterocycles. The van der Waals surface area contributed by atoms with Gasteiger partial charge in [-0.25, -0.2) is 0 Å². The highest BCUT2D eigenvalue weighted by molar-refractivity contribution is 9.10. The standard InChI is InChI=1S/C14H26BrN3/c1-5-7-8-9-11(16-3)10-13-14(15)12(6-2)17-18(13)4/h11,16H,5-10H2,1-4H3. The summed E-state index contributed by atoms with van der Waals surface area (Å²) in [7, 11) is 4.10. The van der Waals surface area contributed by atoms with Gasteiger partial charge in [-0.15, -0.1) is 0 Å². The van der Waals surface area contributed by atoms with Gasteiger partial charge in [0.2, 0.25) is 0 Å². The second-order valence-corrected chi connectivity index (χ2v) is 5.66. The lowest BCUT2D eigenvalue weighted by Crippen LogP contribution is -2.28. The number of aromatic nitrogens is 2. The number of rotatable bonds is 8. The highest BCUT2D eigenvalue weighted by atomic mass is 79.9. The molecule has 104 valence electrons. The molecule has 0 aliphatic rings. The molecule has 1 atom stereocenters. The molecule has 0 radical (unpaired) electrons. The Kier molecular flexibility index (Phi) is 6.94. The van der Waals surface area contributed by atoms with Crippen molar-refractivity contribution in [3.63, 3.8) is 0 Å². The fourth-order valence-electron chi connectivity index (χ4n) is 2.26. The second-order valence-electron chi connectivity index (χ2n) is 4.87. The average molecular weight is 316 g/mol. The summed E-state index contributed by atoms with van der Waals surface area (Å²) in [6, 6.07) is 0.549. The molecule has 0 spiro atoms. The van der Waals surface area contributed by atoms with E-state index in [2.05, 4.69) is 47.2 Å². The van der Waals surface area contributed by atoms with Crippen LogP contribution in [0.5, 0.6) is 0 Å². The third-order valence-electron chi connectivity index (χ3n) is 3.51. The zero-order chi connectivity index (χ0) is 13.5. The van der Waals surface area contributed by atoms with Gasteiger partial charge in [-0.2, -0.15) is 5.10 Å². The van der Waals surface area contributed by atoms with Gasteiger partial charge in [0.1, 0.15) is 0 Å². The molecule has 0 aromatic carbocycles. The van der Waals surface area contributed by atoms with E-state index in [0.29, 0.717) is 6.04 Å². The maximum Gasteiger partial charge on any atom is 0.0766 e. The molecule has 0 aliphatic carbocycles. The quantitative estimate of drug-likeness (QED) is 0.745. The van der Waals surface area contributed by atoms with Crippen LogP contribution in [0.4, 0.5) is 0 Å². The van der Waals surface area contributed by atoms with E-state index in [0.717, 1.165) is 18.5 Å². The Morgan fingerprint density at radius 3 is 2.56 bits per heavy atom. The van der Waals surface area contributed by atoms with E-state index < -0.39 is 0 Å². The van der Waals surface area contributed by atoms with Crippen LogP contribution in [0.15, 0.2) is 4.47 Å². The fourth-order valence-corrected chi connectivity index (χ4v) is 3.04. The molecule has 18 heavy (non-hydrogen) atoms. The maximum atomic E-state index is 4.55. The Bertz CT molecular complexity index is 360. The Morgan fingerprint density at radius 1 is 1.33 bits per heavy atom. The molecule has 0 bridgehead atoms. The Morgan fingerprint density at radius 2 is 2.06 bits per heavy atom. The van der Waals surface area contributed by atoms with E-state index in [9.17, 15) is 0 Å².